The molecule has 2 aliphatic heterocycles. The number of fused-ring (bicyclic) bond motifs is 1. The summed E-state index contributed by atoms with van der Waals surface area (Å²) < 4.78 is 0. The van der Waals surface area contributed by atoms with Gasteiger partial charge in [-0.15, -0.1) is 4.91 Å². The minimum Gasteiger partial charge on any atom is -0.371 e. The van der Waals surface area contributed by atoms with Gasteiger partial charge in [-0.25, -0.2) is 0 Å². The lowest BCUT2D eigenvalue weighted by Gasteiger charge is -2.37. The van der Waals surface area contributed by atoms with Crippen molar-refractivity contribution in [3.8, 4) is 11.3 Å². The maximum absolute atomic E-state index is 10.9. The highest BCUT2D eigenvalue weighted by Gasteiger charge is 2.21. The number of nitrogens with one attached hydrogen (secondary N) is 2. The minimum absolute atomic E-state index is 0.449. The van der Waals surface area contributed by atoms with Gasteiger partial charge in [-0.3, -0.25) is 9.80 Å². The van der Waals surface area contributed by atoms with Crippen molar-refractivity contribution in [2.75, 3.05) is 57.3 Å². The molecule has 2 N–H and O–H groups in total. The molecule has 7 nitrogen and oxygen atoms in total. The number of piperidine rings is 1. The van der Waals surface area contributed by atoms with Gasteiger partial charge in [-0.1, -0.05) is 18.2 Å². The third-order valence-electron chi connectivity index (χ3n) is 7.73. The Morgan fingerprint density at radius 3 is 2.54 bits per heavy atom. The smallest absolute Gasteiger partial charge is 0.110 e. The van der Waals surface area contributed by atoms with E-state index in [1.807, 2.05) is 6.07 Å². The molecule has 0 radical (unpaired) electrons. The van der Waals surface area contributed by atoms with Crippen LogP contribution >= 0.6 is 0 Å². The number of benzene rings is 2. The fourth-order valence-electron chi connectivity index (χ4n) is 5.47. The Kier molecular flexibility index (Phi) is 7.46. The third-order valence-corrected chi connectivity index (χ3v) is 7.73. The van der Waals surface area contributed by atoms with E-state index in [1.54, 1.807) is 12.1 Å². The second-order valence-corrected chi connectivity index (χ2v) is 10.3. The van der Waals surface area contributed by atoms with Gasteiger partial charge in [0.2, 0.25) is 0 Å². The lowest BCUT2D eigenvalue weighted by Crippen LogP contribution is -2.51. The summed E-state index contributed by atoms with van der Waals surface area (Å²) in [5.41, 5.74) is 4.90. The van der Waals surface area contributed by atoms with Gasteiger partial charge in [0, 0.05) is 86.7 Å². The first-order chi connectivity index (χ1) is 17.1. The van der Waals surface area contributed by atoms with Crippen molar-refractivity contribution in [1.29, 1.82) is 0 Å². The quantitative estimate of drug-likeness (QED) is 0.458. The van der Waals surface area contributed by atoms with Crippen LogP contribution in [-0.2, 0) is 0 Å². The summed E-state index contributed by atoms with van der Waals surface area (Å²) in [5, 5.41) is 7.96. The van der Waals surface area contributed by atoms with E-state index in [-0.39, 0.29) is 0 Å². The standard InChI is InChI=1S/C28H38N6O/c1-21(2)33-16-14-32(15-17-33)13-10-29-24-8-11-34(12-9-24)26-5-3-4-22(18-26)27-19-23-6-7-25(31-35)20-28(23)30-27/h3-7,18-21,24,29-30H,8-17H2,1-2H3. The van der Waals surface area contributed by atoms with E-state index in [9.17, 15) is 4.91 Å². The summed E-state index contributed by atoms with van der Waals surface area (Å²) >= 11 is 0. The molecule has 1 aromatic heterocycles. The number of nitrogens with zero attached hydrogens (tertiary/aromatic N) is 4. The molecule has 7 heteroatoms. The molecule has 35 heavy (non-hydrogen) atoms. The molecule has 5 rings (SSSR count). The number of rotatable bonds is 8. The molecule has 3 heterocycles. The first-order valence-corrected chi connectivity index (χ1v) is 13.1. The van der Waals surface area contributed by atoms with Crippen LogP contribution in [0.5, 0.6) is 0 Å². The van der Waals surface area contributed by atoms with Crippen molar-refractivity contribution < 1.29 is 0 Å². The maximum Gasteiger partial charge on any atom is 0.110 e. The Bertz CT molecular complexity index is 1130. The third kappa shape index (κ3) is 5.74. The van der Waals surface area contributed by atoms with Crippen LogP contribution in [0.4, 0.5) is 11.4 Å². The zero-order chi connectivity index (χ0) is 24.2. The van der Waals surface area contributed by atoms with Gasteiger partial charge in [0.15, 0.2) is 0 Å². The van der Waals surface area contributed by atoms with Gasteiger partial charge in [0.05, 0.1) is 0 Å². The van der Waals surface area contributed by atoms with E-state index < -0.39 is 0 Å². The van der Waals surface area contributed by atoms with Crippen molar-refractivity contribution in [2.24, 2.45) is 5.18 Å². The molecule has 0 spiro atoms. The molecule has 2 saturated heterocycles. The molecule has 2 aliphatic rings. The van der Waals surface area contributed by atoms with Crippen LogP contribution in [0.3, 0.4) is 0 Å². The molecule has 0 amide bonds. The highest BCUT2D eigenvalue weighted by molar-refractivity contribution is 5.88. The van der Waals surface area contributed by atoms with E-state index in [4.69, 9.17) is 0 Å². The lowest BCUT2D eigenvalue weighted by atomic mass is 10.0. The Labute approximate surface area is 208 Å². The van der Waals surface area contributed by atoms with E-state index in [1.165, 1.54) is 44.7 Å². The molecule has 0 saturated carbocycles. The lowest BCUT2D eigenvalue weighted by molar-refractivity contribution is 0.108. The summed E-state index contributed by atoms with van der Waals surface area (Å²) in [6.07, 6.45) is 2.36. The molecule has 0 bridgehead atoms. The predicted octanol–water partition coefficient (Wildman–Crippen LogP) is 4.82. The number of aromatic amines is 1. The van der Waals surface area contributed by atoms with Gasteiger partial charge < -0.3 is 15.2 Å². The highest BCUT2D eigenvalue weighted by Crippen LogP contribution is 2.30. The Balaban J connectivity index is 1.11. The molecule has 2 aromatic carbocycles. The fraction of sp³-hybridized carbons (Fsp3) is 0.500. The number of hydrogen-bond acceptors (Lipinski definition) is 6. The second kappa shape index (κ2) is 10.9. The van der Waals surface area contributed by atoms with Crippen molar-refractivity contribution in [3.05, 3.63) is 53.4 Å². The van der Waals surface area contributed by atoms with Crippen LogP contribution in [-0.4, -0.2) is 79.2 Å². The first-order valence-electron chi connectivity index (χ1n) is 13.1. The van der Waals surface area contributed by atoms with E-state index in [0.29, 0.717) is 17.8 Å². The van der Waals surface area contributed by atoms with Gasteiger partial charge in [-0.2, -0.15) is 0 Å². The van der Waals surface area contributed by atoms with Crippen LogP contribution in [0.25, 0.3) is 22.2 Å². The molecule has 0 aliphatic carbocycles. The highest BCUT2D eigenvalue weighted by atomic mass is 16.3. The average Bonchev–Trinajstić information content (AvgIpc) is 3.33. The molecule has 0 unspecified atom stereocenters. The topological polar surface area (TPSA) is 67.0 Å². The molecular formula is C28H38N6O. The van der Waals surface area contributed by atoms with Crippen LogP contribution in [0.2, 0.25) is 0 Å². The number of aromatic nitrogens is 1. The van der Waals surface area contributed by atoms with Crippen molar-refractivity contribution >= 4 is 22.3 Å². The van der Waals surface area contributed by atoms with Gasteiger partial charge in [0.1, 0.15) is 5.69 Å². The van der Waals surface area contributed by atoms with E-state index >= 15 is 0 Å². The number of piperazine rings is 1. The van der Waals surface area contributed by atoms with Crippen LogP contribution < -0.4 is 10.2 Å². The van der Waals surface area contributed by atoms with E-state index in [2.05, 4.69) is 74.4 Å². The zero-order valence-electron chi connectivity index (χ0n) is 21.0. The molecular weight excluding hydrogens is 436 g/mol. The van der Waals surface area contributed by atoms with Gasteiger partial charge >= 0.3 is 0 Å². The van der Waals surface area contributed by atoms with Crippen LogP contribution in [0.1, 0.15) is 26.7 Å². The van der Waals surface area contributed by atoms with Crippen molar-refractivity contribution in [1.82, 2.24) is 20.1 Å². The minimum atomic E-state index is 0.449. The SMILES string of the molecule is CC(C)N1CCN(CCNC2CCN(c3cccc(-c4cc5ccc(N=O)cc5[nH]4)c3)CC2)CC1. The van der Waals surface area contributed by atoms with E-state index in [0.717, 1.165) is 48.3 Å². The largest absolute Gasteiger partial charge is 0.371 e. The van der Waals surface area contributed by atoms with Gasteiger partial charge in [0.25, 0.3) is 0 Å². The zero-order valence-corrected chi connectivity index (χ0v) is 21.0. The molecule has 0 atom stereocenters. The summed E-state index contributed by atoms with van der Waals surface area (Å²) in [7, 11) is 0. The summed E-state index contributed by atoms with van der Waals surface area (Å²) in [4.78, 5) is 22.0. The summed E-state index contributed by atoms with van der Waals surface area (Å²) in [5.74, 6) is 0. The number of nitroso groups, excluding NO2 is 1. The monoisotopic (exact) mass is 474 g/mol. The molecule has 2 fully saturated rings. The Morgan fingerprint density at radius 1 is 1.00 bits per heavy atom. The van der Waals surface area contributed by atoms with Crippen molar-refractivity contribution in [3.63, 3.8) is 0 Å². The Hall–Kier alpha value is -2.74. The average molecular weight is 475 g/mol. The van der Waals surface area contributed by atoms with Crippen LogP contribution in [0.15, 0.2) is 53.7 Å². The first kappa shape index (κ1) is 24.0. The number of hydrogen-bond donors (Lipinski definition) is 2. The predicted molar refractivity (Wildman–Crippen MR) is 146 cm³/mol. The van der Waals surface area contributed by atoms with Gasteiger partial charge in [-0.05, 0) is 67.8 Å². The summed E-state index contributed by atoms with van der Waals surface area (Å²) in [6.45, 7) is 13.8. The maximum atomic E-state index is 10.9. The fourth-order valence-corrected chi connectivity index (χ4v) is 5.47. The number of H-pyrrole nitrogens is 1. The Morgan fingerprint density at radius 2 is 1.80 bits per heavy atom. The summed E-state index contributed by atoms with van der Waals surface area (Å²) in [6, 6.07) is 17.7. The van der Waals surface area contributed by atoms with Crippen molar-refractivity contribution in [2.45, 2.75) is 38.8 Å². The number of anilines is 1. The normalized spacial score (nSPS) is 18.5. The van der Waals surface area contributed by atoms with Crippen LogP contribution in [0, 0.1) is 4.91 Å². The molecule has 3 aromatic rings. The second-order valence-electron chi connectivity index (χ2n) is 10.3. The molecule has 186 valence electrons.